The van der Waals surface area contributed by atoms with Crippen molar-refractivity contribution in [2.24, 2.45) is 0 Å². The zero-order valence-electron chi connectivity index (χ0n) is 21.5. The summed E-state index contributed by atoms with van der Waals surface area (Å²) in [4.78, 5) is 4.91. The summed E-state index contributed by atoms with van der Waals surface area (Å²) in [5.41, 5.74) is 6.76. The minimum atomic E-state index is -0.123. The van der Waals surface area contributed by atoms with Gasteiger partial charge in [0.15, 0.2) is 5.82 Å². The fourth-order valence-corrected chi connectivity index (χ4v) is 4.99. The smallest absolute Gasteiger partial charge is 0.173 e. The van der Waals surface area contributed by atoms with Gasteiger partial charge in [-0.3, -0.25) is 4.90 Å². The number of hydrogen-bond acceptors (Lipinski definition) is 7. The van der Waals surface area contributed by atoms with Gasteiger partial charge in [0.1, 0.15) is 5.75 Å². The number of anilines is 1. The van der Waals surface area contributed by atoms with Gasteiger partial charge in [0, 0.05) is 31.9 Å². The molecule has 3 aromatic carbocycles. The normalized spacial score (nSPS) is 14.8. The lowest BCUT2D eigenvalue weighted by atomic mass is 10.0. The van der Waals surface area contributed by atoms with Crippen LogP contribution < -0.4 is 9.64 Å². The van der Waals surface area contributed by atoms with Crippen LogP contribution in [0.1, 0.15) is 39.7 Å². The summed E-state index contributed by atoms with van der Waals surface area (Å²) in [6.45, 7) is 8.49. The lowest BCUT2D eigenvalue weighted by Gasteiger charge is -2.40. The van der Waals surface area contributed by atoms with E-state index in [1.165, 1.54) is 16.8 Å². The van der Waals surface area contributed by atoms with Crippen LogP contribution in [0, 0.1) is 25.2 Å². The summed E-state index contributed by atoms with van der Waals surface area (Å²) in [6, 6.07) is 24.3. The number of methoxy groups -OCH3 is 1. The fourth-order valence-electron chi connectivity index (χ4n) is 4.99. The van der Waals surface area contributed by atoms with E-state index in [-0.39, 0.29) is 6.04 Å². The zero-order chi connectivity index (χ0) is 25.8. The van der Waals surface area contributed by atoms with Gasteiger partial charge in [0.25, 0.3) is 0 Å². The molecular weight excluding hydrogens is 462 g/mol. The molecule has 0 unspecified atom stereocenters. The molecule has 188 valence electrons. The number of nitrogens with zero attached hydrogens (tertiary/aromatic N) is 7. The van der Waals surface area contributed by atoms with Crippen molar-refractivity contribution in [3.05, 3.63) is 100 Å². The molecule has 1 fully saturated rings. The van der Waals surface area contributed by atoms with Crippen LogP contribution in [0.3, 0.4) is 0 Å². The monoisotopic (exact) mass is 493 g/mol. The van der Waals surface area contributed by atoms with E-state index in [2.05, 4.69) is 63.4 Å². The molecule has 4 aromatic rings. The molecule has 2 heterocycles. The summed E-state index contributed by atoms with van der Waals surface area (Å²) in [7, 11) is 1.66. The first-order valence-electron chi connectivity index (χ1n) is 12.5. The van der Waals surface area contributed by atoms with Crippen LogP contribution in [0.2, 0.25) is 0 Å². The molecule has 8 nitrogen and oxygen atoms in total. The molecule has 1 aliphatic heterocycles. The van der Waals surface area contributed by atoms with Crippen LogP contribution in [0.15, 0.2) is 66.7 Å². The molecule has 0 N–H and O–H groups in total. The Hall–Kier alpha value is -4.22. The van der Waals surface area contributed by atoms with Gasteiger partial charge < -0.3 is 9.64 Å². The number of nitriles is 1. The largest absolute Gasteiger partial charge is 0.497 e. The van der Waals surface area contributed by atoms with E-state index in [1.54, 1.807) is 7.11 Å². The molecule has 0 bridgehead atoms. The number of benzene rings is 3. The predicted molar refractivity (Wildman–Crippen MR) is 143 cm³/mol. The Balaban J connectivity index is 1.43. The molecule has 0 saturated carbocycles. The van der Waals surface area contributed by atoms with Crippen molar-refractivity contribution < 1.29 is 4.74 Å². The van der Waals surface area contributed by atoms with Gasteiger partial charge in [-0.15, -0.1) is 5.10 Å². The van der Waals surface area contributed by atoms with Crippen LogP contribution in [0.4, 0.5) is 5.69 Å². The van der Waals surface area contributed by atoms with Crippen molar-refractivity contribution in [1.29, 1.82) is 5.26 Å². The van der Waals surface area contributed by atoms with Crippen molar-refractivity contribution >= 4 is 5.69 Å². The third-order valence-corrected chi connectivity index (χ3v) is 7.25. The second-order valence-electron chi connectivity index (χ2n) is 9.42. The van der Waals surface area contributed by atoms with Crippen molar-refractivity contribution in [2.45, 2.75) is 26.4 Å². The van der Waals surface area contributed by atoms with Crippen LogP contribution in [-0.2, 0) is 6.54 Å². The van der Waals surface area contributed by atoms with E-state index in [0.29, 0.717) is 12.1 Å². The van der Waals surface area contributed by atoms with Crippen LogP contribution >= 0.6 is 0 Å². The summed E-state index contributed by atoms with van der Waals surface area (Å²) in [5, 5.41) is 22.2. The molecule has 1 saturated heterocycles. The number of hydrogen-bond donors (Lipinski definition) is 0. The average molecular weight is 494 g/mol. The topological polar surface area (TPSA) is 83.1 Å². The fraction of sp³-hybridized carbons (Fsp3) is 0.310. The van der Waals surface area contributed by atoms with Gasteiger partial charge in [-0.25, -0.2) is 4.68 Å². The highest BCUT2D eigenvalue weighted by Crippen LogP contribution is 2.31. The van der Waals surface area contributed by atoms with Gasteiger partial charge in [-0.2, -0.15) is 5.26 Å². The van der Waals surface area contributed by atoms with E-state index in [4.69, 9.17) is 4.74 Å². The number of aryl methyl sites for hydroxylation is 1. The number of aromatic nitrogens is 4. The molecule has 1 aromatic heterocycles. The second-order valence-corrected chi connectivity index (χ2v) is 9.42. The molecule has 0 amide bonds. The lowest BCUT2D eigenvalue weighted by Crippen LogP contribution is -2.48. The highest BCUT2D eigenvalue weighted by Gasteiger charge is 2.31. The first kappa shape index (κ1) is 24.5. The summed E-state index contributed by atoms with van der Waals surface area (Å²) >= 11 is 0. The molecule has 1 atom stereocenters. The summed E-state index contributed by atoms with van der Waals surface area (Å²) in [5.74, 6) is 1.61. The maximum atomic E-state index is 9.31. The Morgan fingerprint density at radius 1 is 0.946 bits per heavy atom. The lowest BCUT2D eigenvalue weighted by molar-refractivity contribution is 0.201. The minimum absolute atomic E-state index is 0.123. The summed E-state index contributed by atoms with van der Waals surface area (Å²) < 4.78 is 7.17. The van der Waals surface area contributed by atoms with Crippen LogP contribution in [-0.4, -0.2) is 58.4 Å². The quantitative estimate of drug-likeness (QED) is 0.383. The minimum Gasteiger partial charge on any atom is -0.497 e. The number of ether oxygens (including phenoxy) is 1. The van der Waals surface area contributed by atoms with E-state index in [9.17, 15) is 5.26 Å². The second kappa shape index (κ2) is 10.8. The van der Waals surface area contributed by atoms with Gasteiger partial charge in [-0.05, 0) is 76.9 Å². The van der Waals surface area contributed by atoms with Gasteiger partial charge in [-0.1, -0.05) is 36.4 Å². The predicted octanol–water partition coefficient (Wildman–Crippen LogP) is 4.13. The van der Waals surface area contributed by atoms with Gasteiger partial charge in [0.05, 0.1) is 31.3 Å². The van der Waals surface area contributed by atoms with Crippen molar-refractivity contribution in [3.8, 4) is 11.8 Å². The third kappa shape index (κ3) is 5.18. The van der Waals surface area contributed by atoms with E-state index >= 15 is 0 Å². The molecule has 5 rings (SSSR count). The van der Waals surface area contributed by atoms with E-state index in [0.717, 1.165) is 48.9 Å². The Labute approximate surface area is 217 Å². The average Bonchev–Trinajstić information content (AvgIpc) is 3.39. The first-order valence-corrected chi connectivity index (χ1v) is 12.5. The van der Waals surface area contributed by atoms with Crippen molar-refractivity contribution in [2.75, 3.05) is 38.2 Å². The summed E-state index contributed by atoms with van der Waals surface area (Å²) in [6.07, 6.45) is 0. The maximum absolute atomic E-state index is 9.31. The highest BCUT2D eigenvalue weighted by molar-refractivity contribution is 5.56. The Kier molecular flexibility index (Phi) is 7.15. The third-order valence-electron chi connectivity index (χ3n) is 7.25. The maximum Gasteiger partial charge on any atom is 0.173 e. The van der Waals surface area contributed by atoms with Crippen LogP contribution in [0.25, 0.3) is 0 Å². The highest BCUT2D eigenvalue weighted by atomic mass is 16.5. The Morgan fingerprint density at radius 3 is 2.35 bits per heavy atom. The molecule has 37 heavy (non-hydrogen) atoms. The zero-order valence-corrected chi connectivity index (χ0v) is 21.5. The molecular formula is C29H31N7O. The molecule has 1 aliphatic rings. The number of rotatable bonds is 7. The van der Waals surface area contributed by atoms with Crippen molar-refractivity contribution in [1.82, 2.24) is 25.1 Å². The number of tetrazole rings is 1. The number of piperazine rings is 1. The SMILES string of the molecule is COc1ccc(Cn2nnnc2[C@H](c2ccc(C#N)cc2)N2CCN(c3cccc(C)c3C)CC2)cc1. The molecule has 0 radical (unpaired) electrons. The van der Waals surface area contributed by atoms with E-state index < -0.39 is 0 Å². The van der Waals surface area contributed by atoms with Gasteiger partial charge in [0.2, 0.25) is 0 Å². The molecule has 0 aliphatic carbocycles. The van der Waals surface area contributed by atoms with Crippen LogP contribution in [0.5, 0.6) is 5.75 Å². The Morgan fingerprint density at radius 2 is 1.68 bits per heavy atom. The first-order chi connectivity index (χ1) is 18.1. The van der Waals surface area contributed by atoms with Gasteiger partial charge >= 0.3 is 0 Å². The van der Waals surface area contributed by atoms with Crippen molar-refractivity contribution in [3.63, 3.8) is 0 Å². The Bertz CT molecular complexity index is 1380. The standard InChI is InChI=1S/C29H31N7O/c1-21-5-4-6-27(22(21)2)34-15-17-35(18-16-34)28(25-11-7-23(19-30)8-12-25)29-31-32-33-36(29)20-24-9-13-26(37-3)14-10-24/h4-14,28H,15-18,20H2,1-3H3/t28-/m0/s1. The molecule has 0 spiro atoms. The molecule has 8 heteroatoms. The van der Waals surface area contributed by atoms with E-state index in [1.807, 2.05) is 53.2 Å².